The summed E-state index contributed by atoms with van der Waals surface area (Å²) in [6.45, 7) is 1.97. The second-order valence-corrected chi connectivity index (χ2v) is 6.58. The third-order valence-electron chi connectivity index (χ3n) is 3.87. The van der Waals surface area contributed by atoms with Gasteiger partial charge >= 0.3 is 0 Å². The number of nitrogens with zero attached hydrogens (tertiary/aromatic N) is 4. The molecule has 8 heteroatoms. The zero-order valence-electron chi connectivity index (χ0n) is 15.0. The number of hydrogen-bond donors (Lipinski definition) is 0. The minimum absolute atomic E-state index is 0.0100. The van der Waals surface area contributed by atoms with E-state index in [1.807, 2.05) is 31.2 Å². The predicted octanol–water partition coefficient (Wildman–Crippen LogP) is 4.76. The third-order valence-corrected chi connectivity index (χ3v) is 4.14. The van der Waals surface area contributed by atoms with Crippen LogP contribution in [0, 0.1) is 17.0 Å². The van der Waals surface area contributed by atoms with Crippen molar-refractivity contribution >= 4 is 34.1 Å². The van der Waals surface area contributed by atoms with Crippen molar-refractivity contribution in [3.05, 3.63) is 69.6 Å². The van der Waals surface area contributed by atoms with Gasteiger partial charge in [0.25, 0.3) is 11.6 Å². The van der Waals surface area contributed by atoms with Gasteiger partial charge in [0, 0.05) is 25.7 Å². The summed E-state index contributed by atoms with van der Waals surface area (Å²) in [7, 11) is 3.49. The van der Waals surface area contributed by atoms with Crippen molar-refractivity contribution in [2.75, 3.05) is 19.0 Å². The van der Waals surface area contributed by atoms with E-state index in [9.17, 15) is 10.1 Å². The average Bonchev–Trinajstić information content (AvgIpc) is 3.11. The Hall–Kier alpha value is -3.19. The van der Waals surface area contributed by atoms with Crippen molar-refractivity contribution in [3.8, 4) is 11.5 Å². The molecule has 0 aliphatic rings. The van der Waals surface area contributed by atoms with E-state index in [1.165, 1.54) is 6.07 Å². The van der Waals surface area contributed by atoms with Crippen molar-refractivity contribution in [2.24, 2.45) is 0 Å². The molecule has 0 spiro atoms. The zero-order chi connectivity index (χ0) is 19.6. The monoisotopic (exact) mass is 384 g/mol. The molecule has 0 fully saturated rings. The third kappa shape index (κ3) is 4.15. The van der Waals surface area contributed by atoms with Gasteiger partial charge in [-0.15, -0.1) is 10.2 Å². The lowest BCUT2D eigenvalue weighted by Crippen LogP contribution is -2.10. The number of nitro benzene ring substituents is 1. The fourth-order valence-electron chi connectivity index (χ4n) is 2.58. The van der Waals surface area contributed by atoms with E-state index < -0.39 is 4.92 Å². The van der Waals surface area contributed by atoms with E-state index in [-0.39, 0.29) is 16.6 Å². The summed E-state index contributed by atoms with van der Waals surface area (Å²) in [5, 5.41) is 19.5. The van der Waals surface area contributed by atoms with Crippen molar-refractivity contribution in [2.45, 2.75) is 6.92 Å². The number of aryl methyl sites for hydroxylation is 1. The van der Waals surface area contributed by atoms with Crippen LogP contribution < -0.4 is 4.90 Å². The van der Waals surface area contributed by atoms with Gasteiger partial charge in [0.2, 0.25) is 5.89 Å². The molecular weight excluding hydrogens is 368 g/mol. The highest BCUT2D eigenvalue weighted by Crippen LogP contribution is 2.31. The minimum Gasteiger partial charge on any atom is -0.415 e. The van der Waals surface area contributed by atoms with Gasteiger partial charge in [-0.3, -0.25) is 10.1 Å². The maximum absolute atomic E-state index is 11.3. The Bertz CT molecular complexity index is 1030. The Morgan fingerprint density at radius 3 is 2.67 bits per heavy atom. The van der Waals surface area contributed by atoms with E-state index in [0.717, 1.165) is 11.1 Å². The second-order valence-electron chi connectivity index (χ2n) is 6.17. The van der Waals surface area contributed by atoms with Crippen LogP contribution in [-0.4, -0.2) is 29.2 Å². The first-order valence-corrected chi connectivity index (χ1v) is 8.47. The van der Waals surface area contributed by atoms with Crippen LogP contribution in [0.2, 0.25) is 0 Å². The van der Waals surface area contributed by atoms with Gasteiger partial charge in [-0.1, -0.05) is 35.4 Å². The van der Waals surface area contributed by atoms with Gasteiger partial charge in [-0.25, -0.2) is 0 Å². The fourth-order valence-corrected chi connectivity index (χ4v) is 2.78. The van der Waals surface area contributed by atoms with E-state index in [1.54, 1.807) is 37.2 Å². The number of benzene rings is 2. The maximum atomic E-state index is 11.3. The minimum atomic E-state index is -0.427. The number of anilines is 1. The topological polar surface area (TPSA) is 85.3 Å². The lowest BCUT2D eigenvalue weighted by molar-refractivity contribution is -0.384. The highest BCUT2D eigenvalue weighted by Gasteiger charge is 2.17. The largest absolute Gasteiger partial charge is 0.415 e. The van der Waals surface area contributed by atoms with Crippen molar-refractivity contribution in [1.29, 1.82) is 0 Å². The summed E-state index contributed by atoms with van der Waals surface area (Å²) >= 11 is 6.29. The molecule has 0 bridgehead atoms. The molecule has 7 nitrogen and oxygen atoms in total. The molecule has 27 heavy (non-hydrogen) atoms. The number of hydrogen-bond acceptors (Lipinski definition) is 6. The molecule has 138 valence electrons. The molecule has 0 N–H and O–H groups in total. The van der Waals surface area contributed by atoms with Gasteiger partial charge in [0.05, 0.1) is 4.92 Å². The van der Waals surface area contributed by atoms with E-state index in [4.69, 9.17) is 16.0 Å². The fraction of sp³-hybridized carbons (Fsp3) is 0.158. The Kier molecular flexibility index (Phi) is 5.23. The molecule has 2 aromatic carbocycles. The Morgan fingerprint density at radius 1 is 1.22 bits per heavy atom. The van der Waals surface area contributed by atoms with Crippen LogP contribution in [0.25, 0.3) is 22.6 Å². The molecule has 0 saturated carbocycles. The number of nitro groups is 1. The molecule has 1 aromatic heterocycles. The summed E-state index contributed by atoms with van der Waals surface area (Å²) < 4.78 is 5.63. The Morgan fingerprint density at radius 2 is 2.00 bits per heavy atom. The zero-order valence-corrected chi connectivity index (χ0v) is 15.8. The normalized spacial score (nSPS) is 11.5. The SMILES string of the molecule is Cc1cccc(-c2nnc(/C(Cl)=C/c3ccc(N(C)C)c([N+](=O)[O-])c3)o2)c1. The van der Waals surface area contributed by atoms with Gasteiger partial charge in [-0.05, 0) is 36.8 Å². The molecule has 0 saturated heterocycles. The van der Waals surface area contributed by atoms with Crippen LogP contribution in [0.1, 0.15) is 17.0 Å². The Labute approximate surface area is 161 Å². The lowest BCUT2D eigenvalue weighted by atomic mass is 10.1. The summed E-state index contributed by atoms with van der Waals surface area (Å²) in [6.07, 6.45) is 1.56. The molecule has 1 heterocycles. The summed E-state index contributed by atoms with van der Waals surface area (Å²) in [5.74, 6) is 0.502. The van der Waals surface area contributed by atoms with Crippen LogP contribution >= 0.6 is 11.6 Å². The molecule has 0 radical (unpaired) electrons. The van der Waals surface area contributed by atoms with Crippen LogP contribution in [0.5, 0.6) is 0 Å². The summed E-state index contributed by atoms with van der Waals surface area (Å²) in [6, 6.07) is 12.5. The predicted molar refractivity (Wildman–Crippen MR) is 106 cm³/mol. The molecule has 0 atom stereocenters. The van der Waals surface area contributed by atoms with Gasteiger partial charge in [0.15, 0.2) is 0 Å². The smallest absolute Gasteiger partial charge is 0.293 e. The van der Waals surface area contributed by atoms with E-state index in [0.29, 0.717) is 17.1 Å². The first-order valence-electron chi connectivity index (χ1n) is 8.09. The van der Waals surface area contributed by atoms with Gasteiger partial charge in [-0.2, -0.15) is 0 Å². The van der Waals surface area contributed by atoms with Crippen molar-refractivity contribution in [3.63, 3.8) is 0 Å². The van der Waals surface area contributed by atoms with E-state index in [2.05, 4.69) is 10.2 Å². The lowest BCUT2D eigenvalue weighted by Gasteiger charge is -2.12. The molecular formula is C19H17ClN4O3. The molecule has 3 aromatic rings. The van der Waals surface area contributed by atoms with Gasteiger partial charge < -0.3 is 9.32 Å². The first-order chi connectivity index (χ1) is 12.8. The average molecular weight is 385 g/mol. The maximum Gasteiger partial charge on any atom is 0.293 e. The highest BCUT2D eigenvalue weighted by atomic mass is 35.5. The molecule has 3 rings (SSSR count). The summed E-state index contributed by atoms with van der Waals surface area (Å²) in [4.78, 5) is 12.6. The highest BCUT2D eigenvalue weighted by molar-refractivity contribution is 6.50. The molecule has 0 unspecified atom stereocenters. The quantitative estimate of drug-likeness (QED) is 0.466. The number of halogens is 1. The van der Waals surface area contributed by atoms with E-state index >= 15 is 0 Å². The van der Waals surface area contributed by atoms with Crippen LogP contribution in [0.15, 0.2) is 46.9 Å². The summed E-state index contributed by atoms with van der Waals surface area (Å²) in [5.41, 5.74) is 2.93. The molecule has 0 aliphatic carbocycles. The Balaban J connectivity index is 1.92. The van der Waals surface area contributed by atoms with Crippen LogP contribution in [-0.2, 0) is 0 Å². The standard InChI is InChI=1S/C19H17ClN4O3/c1-12-5-4-6-14(9-12)18-21-22-19(27-18)15(20)10-13-7-8-16(23(2)3)17(11-13)24(25)26/h4-11H,1-3H3/b15-10-. The number of rotatable bonds is 5. The number of aromatic nitrogens is 2. The molecule has 0 amide bonds. The second kappa shape index (κ2) is 7.59. The van der Waals surface area contributed by atoms with Crippen molar-refractivity contribution < 1.29 is 9.34 Å². The first kappa shape index (κ1) is 18.6. The van der Waals surface area contributed by atoms with Gasteiger partial charge in [0.1, 0.15) is 10.7 Å². The molecule has 0 aliphatic heterocycles. The van der Waals surface area contributed by atoms with Crippen LogP contribution in [0.3, 0.4) is 0 Å². The van der Waals surface area contributed by atoms with Crippen LogP contribution in [0.4, 0.5) is 11.4 Å². The van der Waals surface area contributed by atoms with Crippen molar-refractivity contribution in [1.82, 2.24) is 10.2 Å².